The van der Waals surface area contributed by atoms with Crippen LogP contribution in [-0.2, 0) is 54.9 Å². The number of rotatable bonds is 0. The smallest absolute Gasteiger partial charge is 0 e. The van der Waals surface area contributed by atoms with E-state index in [9.17, 15) is 0 Å². The van der Waals surface area contributed by atoms with Gasteiger partial charge in [-0.2, -0.15) is 0 Å². The van der Waals surface area contributed by atoms with Gasteiger partial charge in [-0.15, -0.1) is 0 Å². The van der Waals surface area contributed by atoms with Crippen molar-refractivity contribution in [1.82, 2.24) is 0 Å². The predicted octanol–water partition coefficient (Wildman–Crippen LogP) is -0.388. The van der Waals surface area contributed by atoms with Gasteiger partial charge in [-0.05, 0) is 0 Å². The molecule has 0 rings (SSSR count). The van der Waals surface area contributed by atoms with Crippen LogP contribution in [0.3, 0.4) is 0 Å². The molecule has 0 bridgehead atoms. The third-order valence-corrected chi connectivity index (χ3v) is 0. The molecule has 0 saturated heterocycles. The van der Waals surface area contributed by atoms with Crippen LogP contribution in [-0.4, -0.2) is 8.41 Å². The molecule has 0 fully saturated rings. The minimum absolute atomic E-state index is 0. The fourth-order valence-electron chi connectivity index (χ4n) is 0. The largest absolute Gasteiger partial charge is 0 e. The fourth-order valence-corrected chi connectivity index (χ4v) is 0. The Balaban J connectivity index is 0. The molecule has 0 aliphatic carbocycles. The van der Waals surface area contributed by atoms with Crippen LogP contribution < -0.4 is 0 Å². The van der Waals surface area contributed by atoms with E-state index in [-0.39, 0.29) is 63.3 Å². The van der Waals surface area contributed by atoms with Crippen LogP contribution in [0.5, 0.6) is 0 Å². The fraction of sp³-hybridized carbons (Fsp3) is 0. The third-order valence-electron chi connectivity index (χ3n) is 0. The van der Waals surface area contributed by atoms with Gasteiger partial charge in [0.2, 0.25) is 0 Å². The van der Waals surface area contributed by atoms with Crippen molar-refractivity contribution in [2.24, 2.45) is 0 Å². The normalized spacial score (nSPS) is 0. The van der Waals surface area contributed by atoms with Gasteiger partial charge in [0.25, 0.3) is 0 Å². The Morgan fingerprint density at radius 3 is 1.00 bits per heavy atom. The molecule has 0 unspecified atom stereocenters. The van der Waals surface area contributed by atoms with E-state index in [2.05, 4.69) is 0 Å². The van der Waals surface area contributed by atoms with Gasteiger partial charge in [-0.3, -0.25) is 0 Å². The van der Waals surface area contributed by atoms with E-state index in [4.69, 9.17) is 0 Å². The summed E-state index contributed by atoms with van der Waals surface area (Å²) in [6.45, 7) is 0. The summed E-state index contributed by atoms with van der Waals surface area (Å²) in [5.41, 5.74) is 0. The molecule has 0 amide bonds. The van der Waals surface area contributed by atoms with Gasteiger partial charge >= 0.3 is 0 Å². The Morgan fingerprint density at radius 2 is 1.00 bits per heavy atom. The molecule has 0 aromatic heterocycles. The maximum Gasteiger partial charge on any atom is 0 e. The maximum absolute atomic E-state index is 0. The first-order valence-electron chi connectivity index (χ1n) is 0. The zero-order valence-corrected chi connectivity index (χ0v) is 5.82. The Labute approximate surface area is 63.0 Å². The van der Waals surface area contributed by atoms with Crippen LogP contribution in [0.25, 0.3) is 0 Å². The van der Waals surface area contributed by atoms with Gasteiger partial charge in [0, 0.05) is 63.3 Å². The molecule has 0 aliphatic rings. The van der Waals surface area contributed by atoms with Crippen molar-refractivity contribution in [2.75, 3.05) is 0 Å². The van der Waals surface area contributed by atoms with Gasteiger partial charge in [-0.1, -0.05) is 0 Å². The summed E-state index contributed by atoms with van der Waals surface area (Å²) in [6, 6.07) is 0. The van der Waals surface area contributed by atoms with Gasteiger partial charge < -0.3 is 0 Å². The zero-order valence-electron chi connectivity index (χ0n) is 1.67. The first-order chi connectivity index (χ1) is 0. The SMILES string of the molecule is [B].[Co].[Fe].[Mo]. The second-order valence-electron chi connectivity index (χ2n) is 0. The van der Waals surface area contributed by atoms with Gasteiger partial charge in [0.15, 0.2) is 0 Å². The first-order valence-corrected chi connectivity index (χ1v) is 0. The summed E-state index contributed by atoms with van der Waals surface area (Å²) in [5.74, 6) is 0. The third kappa shape index (κ3) is 9.22. The average Bonchev–Trinajstić information content (AvgIpc) is 0. The van der Waals surface area contributed by atoms with Crippen LogP contribution in [0.2, 0.25) is 0 Å². The number of hydrogen-bond donors (Lipinski definition) is 0. The Hall–Kier alpha value is 1.78. The minimum atomic E-state index is 0. The molecule has 4 heteroatoms. The van der Waals surface area contributed by atoms with Crippen LogP contribution in [0, 0.1) is 0 Å². The van der Waals surface area contributed by atoms with E-state index < -0.39 is 0 Å². The summed E-state index contributed by atoms with van der Waals surface area (Å²) in [4.78, 5) is 0. The second-order valence-corrected chi connectivity index (χ2v) is 0. The second kappa shape index (κ2) is 21.6. The summed E-state index contributed by atoms with van der Waals surface area (Å²) >= 11 is 0. The summed E-state index contributed by atoms with van der Waals surface area (Å²) in [5, 5.41) is 0. The van der Waals surface area contributed by atoms with Gasteiger partial charge in [-0.25, -0.2) is 0 Å². The molecular weight excluding hydrogens is 222 g/mol. The topological polar surface area (TPSA) is 0 Å². The monoisotopic (exact) mass is 224 g/mol. The van der Waals surface area contributed by atoms with E-state index in [0.717, 1.165) is 0 Å². The Kier molecular flexibility index (Phi) is 225. The molecule has 0 saturated carbocycles. The van der Waals surface area contributed by atoms with E-state index >= 15 is 0 Å². The quantitative estimate of drug-likeness (QED) is 0.489. The summed E-state index contributed by atoms with van der Waals surface area (Å²) in [7, 11) is 0. The molecule has 0 N–H and O–H groups in total. The van der Waals surface area contributed by atoms with E-state index in [1.54, 1.807) is 0 Å². The van der Waals surface area contributed by atoms with E-state index in [0.29, 0.717) is 0 Å². The number of hydrogen-bond acceptors (Lipinski definition) is 0. The molecule has 0 atom stereocenters. The van der Waals surface area contributed by atoms with E-state index in [1.165, 1.54) is 0 Å². The molecule has 26 valence electrons. The minimum Gasteiger partial charge on any atom is 0 e. The van der Waals surface area contributed by atoms with Crippen molar-refractivity contribution in [1.29, 1.82) is 0 Å². The van der Waals surface area contributed by atoms with Gasteiger partial charge in [0.05, 0.1) is 0 Å². The molecule has 0 aliphatic heterocycles. The predicted molar refractivity (Wildman–Crippen MR) is 5.75 cm³/mol. The Bertz CT molecular complexity index is 8.00. The maximum atomic E-state index is 0. The summed E-state index contributed by atoms with van der Waals surface area (Å²) in [6.07, 6.45) is 0. The molecule has 4 heavy (non-hydrogen) atoms. The molecule has 0 nitrogen and oxygen atoms in total. The molecule has 0 heterocycles. The first kappa shape index (κ1) is 41.7. The van der Waals surface area contributed by atoms with Gasteiger partial charge in [0.1, 0.15) is 0 Å². The Morgan fingerprint density at radius 1 is 1.00 bits per heavy atom. The van der Waals surface area contributed by atoms with Crippen molar-refractivity contribution in [3.8, 4) is 0 Å². The average molecular weight is 222 g/mol. The van der Waals surface area contributed by atoms with Crippen LogP contribution in [0.4, 0.5) is 0 Å². The molecule has 0 aromatic carbocycles. The molecule has 0 spiro atoms. The van der Waals surface area contributed by atoms with Crippen molar-refractivity contribution >= 4 is 8.41 Å². The van der Waals surface area contributed by atoms with Crippen molar-refractivity contribution in [2.45, 2.75) is 0 Å². The van der Waals surface area contributed by atoms with Crippen molar-refractivity contribution in [3.05, 3.63) is 0 Å². The zero-order chi connectivity index (χ0) is 0. The summed E-state index contributed by atoms with van der Waals surface area (Å²) < 4.78 is 0. The molecule has 4 radical (unpaired) electrons. The van der Waals surface area contributed by atoms with E-state index in [1.807, 2.05) is 0 Å². The molecular formula is BCoFeMo. The van der Waals surface area contributed by atoms with Crippen LogP contribution in [0.15, 0.2) is 0 Å². The molecule has 0 aromatic rings. The van der Waals surface area contributed by atoms with Crippen LogP contribution in [0.1, 0.15) is 0 Å². The van der Waals surface area contributed by atoms with Crippen molar-refractivity contribution in [3.63, 3.8) is 0 Å². The van der Waals surface area contributed by atoms with Crippen LogP contribution >= 0.6 is 0 Å². The standard InChI is InChI=1S/B.Co.Fe.Mo. The van der Waals surface area contributed by atoms with Crippen molar-refractivity contribution < 1.29 is 54.9 Å².